The van der Waals surface area contributed by atoms with Crippen LogP contribution in [-0.2, 0) is 0 Å². The number of nitrogens with one attached hydrogen (secondary N) is 1. The summed E-state index contributed by atoms with van der Waals surface area (Å²) in [6.45, 7) is 3.89. The lowest BCUT2D eigenvalue weighted by molar-refractivity contribution is -0.384. The fraction of sp³-hybridized carbons (Fsp3) is 0.300. The number of hydrogen-bond acceptors (Lipinski definition) is 5. The molecule has 3 atom stereocenters. The molecule has 7 nitrogen and oxygen atoms in total. The second kappa shape index (κ2) is 6.19. The molecule has 1 aliphatic carbocycles. The summed E-state index contributed by atoms with van der Waals surface area (Å²) in [5, 5.41) is 26.2. The fourth-order valence-electron chi connectivity index (χ4n) is 4.39. The number of nitrogens with zero attached hydrogens (tertiary/aromatic N) is 2. The van der Waals surface area contributed by atoms with Gasteiger partial charge in [-0.2, -0.15) is 0 Å². The van der Waals surface area contributed by atoms with Crippen molar-refractivity contribution in [2.45, 2.75) is 32.2 Å². The highest BCUT2D eigenvalue weighted by atomic mass is 16.6. The van der Waals surface area contributed by atoms with E-state index in [0.717, 1.165) is 28.7 Å². The molecule has 0 saturated heterocycles. The highest BCUT2D eigenvalue weighted by Gasteiger charge is 2.42. The van der Waals surface area contributed by atoms with Gasteiger partial charge in [-0.1, -0.05) is 24.3 Å². The Morgan fingerprint density at radius 2 is 1.89 bits per heavy atom. The predicted octanol–water partition coefficient (Wildman–Crippen LogP) is 4.95. The largest absolute Gasteiger partial charge is 0.372 e. The highest BCUT2D eigenvalue weighted by molar-refractivity contribution is 5.74. The van der Waals surface area contributed by atoms with Crippen molar-refractivity contribution in [3.05, 3.63) is 85.0 Å². The zero-order valence-electron chi connectivity index (χ0n) is 15.0. The van der Waals surface area contributed by atoms with E-state index in [2.05, 4.69) is 17.5 Å². The van der Waals surface area contributed by atoms with E-state index in [1.165, 1.54) is 6.07 Å². The summed E-state index contributed by atoms with van der Waals surface area (Å²) in [7, 11) is 0. The summed E-state index contributed by atoms with van der Waals surface area (Å²) in [4.78, 5) is 22.1. The van der Waals surface area contributed by atoms with Gasteiger partial charge in [-0.25, -0.2) is 0 Å². The number of benzene rings is 2. The molecule has 0 spiro atoms. The van der Waals surface area contributed by atoms with Crippen LogP contribution in [0.25, 0.3) is 0 Å². The first-order valence-electron chi connectivity index (χ1n) is 8.84. The van der Waals surface area contributed by atoms with Gasteiger partial charge in [0.1, 0.15) is 5.69 Å². The van der Waals surface area contributed by atoms with Gasteiger partial charge >= 0.3 is 0 Å². The van der Waals surface area contributed by atoms with Crippen LogP contribution in [0.1, 0.15) is 40.6 Å². The van der Waals surface area contributed by atoms with Gasteiger partial charge < -0.3 is 5.32 Å². The Labute approximate surface area is 156 Å². The van der Waals surface area contributed by atoms with Crippen molar-refractivity contribution in [1.82, 2.24) is 0 Å². The van der Waals surface area contributed by atoms with Gasteiger partial charge in [-0.15, -0.1) is 0 Å². The van der Waals surface area contributed by atoms with Gasteiger partial charge in [0, 0.05) is 24.1 Å². The van der Waals surface area contributed by atoms with Gasteiger partial charge in [-0.05, 0) is 48.4 Å². The van der Waals surface area contributed by atoms with E-state index in [0.29, 0.717) is 5.69 Å². The second-order valence-corrected chi connectivity index (χ2v) is 7.21. The molecule has 0 fully saturated rings. The van der Waals surface area contributed by atoms with E-state index < -0.39 is 4.92 Å². The Balaban J connectivity index is 1.89. The smallest absolute Gasteiger partial charge is 0.292 e. The third-order valence-corrected chi connectivity index (χ3v) is 5.79. The van der Waals surface area contributed by atoms with Crippen molar-refractivity contribution in [2.75, 3.05) is 5.32 Å². The molecular weight excluding hydrogens is 346 g/mol. The summed E-state index contributed by atoms with van der Waals surface area (Å²) < 4.78 is 0. The molecule has 2 aromatic rings. The van der Waals surface area contributed by atoms with Crippen molar-refractivity contribution in [2.24, 2.45) is 5.92 Å². The normalized spacial score (nSPS) is 22.7. The molecule has 0 aromatic heterocycles. The Hall–Kier alpha value is -3.22. The highest BCUT2D eigenvalue weighted by Crippen LogP contribution is 2.53. The van der Waals surface area contributed by atoms with Crippen LogP contribution in [0.15, 0.2) is 42.5 Å². The van der Waals surface area contributed by atoms with Crippen molar-refractivity contribution < 1.29 is 9.85 Å². The van der Waals surface area contributed by atoms with Crippen LogP contribution in [0.3, 0.4) is 0 Å². The molecule has 1 heterocycles. The van der Waals surface area contributed by atoms with Gasteiger partial charge in [0.25, 0.3) is 11.4 Å². The Morgan fingerprint density at radius 3 is 2.59 bits per heavy atom. The van der Waals surface area contributed by atoms with Gasteiger partial charge in [0.2, 0.25) is 0 Å². The van der Waals surface area contributed by atoms with Crippen LogP contribution in [0, 0.1) is 40.0 Å². The third-order valence-electron chi connectivity index (χ3n) is 5.79. The maximum atomic E-state index is 11.7. The fourth-order valence-corrected chi connectivity index (χ4v) is 4.39. The van der Waals surface area contributed by atoms with Crippen LogP contribution in [0.4, 0.5) is 17.1 Å². The number of rotatable bonds is 3. The van der Waals surface area contributed by atoms with Gasteiger partial charge in [0.15, 0.2) is 0 Å². The molecule has 2 aromatic carbocycles. The van der Waals surface area contributed by atoms with Gasteiger partial charge in [0.05, 0.1) is 15.9 Å². The monoisotopic (exact) mass is 365 g/mol. The number of aryl methyl sites for hydroxylation is 1. The van der Waals surface area contributed by atoms with Crippen LogP contribution in [0.5, 0.6) is 0 Å². The second-order valence-electron chi connectivity index (χ2n) is 7.21. The van der Waals surface area contributed by atoms with Crippen molar-refractivity contribution in [3.8, 4) is 0 Å². The first-order chi connectivity index (χ1) is 12.9. The molecule has 1 aliphatic heterocycles. The van der Waals surface area contributed by atoms with Crippen molar-refractivity contribution in [3.63, 3.8) is 0 Å². The molecule has 138 valence electrons. The molecule has 1 N–H and O–H groups in total. The quantitative estimate of drug-likeness (QED) is 0.471. The van der Waals surface area contributed by atoms with E-state index in [1.807, 2.05) is 19.9 Å². The predicted molar refractivity (Wildman–Crippen MR) is 102 cm³/mol. The molecule has 0 amide bonds. The standard InChI is InChI=1S/C20H19N3O4/c1-11-9-17(23(26)27)20-18(12(11)2)15-7-4-8-16(15)19(21-20)13-5-3-6-14(10-13)22(24)25/h3-7,9-10,15-16,19,21H,8H2,1-2H3/t15-,16+,19?/m1/s1. The number of non-ortho nitro benzene ring substituents is 1. The number of anilines is 1. The van der Waals surface area contributed by atoms with Crippen molar-refractivity contribution >= 4 is 17.1 Å². The third kappa shape index (κ3) is 2.66. The Bertz CT molecular complexity index is 999. The number of nitro groups is 2. The molecule has 0 saturated carbocycles. The lowest BCUT2D eigenvalue weighted by atomic mass is 9.74. The minimum Gasteiger partial charge on any atom is -0.372 e. The SMILES string of the molecule is Cc1cc([N+](=O)[O-])c2c(c1C)[C@@H]1C=CC[C@@H]1C(c1cccc([N+](=O)[O-])c1)N2. The topological polar surface area (TPSA) is 98.3 Å². The average molecular weight is 365 g/mol. The van der Waals surface area contributed by atoms with E-state index in [9.17, 15) is 20.2 Å². The molecule has 4 rings (SSSR count). The minimum atomic E-state index is -0.416. The van der Waals surface area contributed by atoms with Crippen LogP contribution < -0.4 is 5.32 Å². The average Bonchev–Trinajstić information content (AvgIpc) is 3.13. The van der Waals surface area contributed by atoms with Crippen molar-refractivity contribution in [1.29, 1.82) is 0 Å². The maximum Gasteiger partial charge on any atom is 0.292 e. The molecule has 0 radical (unpaired) electrons. The number of fused-ring (bicyclic) bond motifs is 3. The molecule has 1 unspecified atom stereocenters. The minimum absolute atomic E-state index is 0.0252. The molecule has 7 heteroatoms. The maximum absolute atomic E-state index is 11.7. The Kier molecular flexibility index (Phi) is 3.95. The van der Waals surface area contributed by atoms with Crippen LogP contribution in [0.2, 0.25) is 0 Å². The first-order valence-corrected chi connectivity index (χ1v) is 8.84. The lowest BCUT2D eigenvalue weighted by Gasteiger charge is -2.38. The Morgan fingerprint density at radius 1 is 1.11 bits per heavy atom. The summed E-state index contributed by atoms with van der Waals surface area (Å²) in [5.41, 5.74) is 4.33. The summed E-state index contributed by atoms with van der Waals surface area (Å²) in [5.74, 6) is 0.226. The summed E-state index contributed by atoms with van der Waals surface area (Å²) in [6, 6.07) is 7.91. The number of allylic oxidation sites excluding steroid dienone is 2. The van der Waals surface area contributed by atoms with E-state index >= 15 is 0 Å². The lowest BCUT2D eigenvalue weighted by Crippen LogP contribution is -2.30. The molecular formula is C20H19N3O4. The molecule has 0 bridgehead atoms. The van der Waals surface area contributed by atoms with E-state index in [4.69, 9.17) is 0 Å². The van der Waals surface area contributed by atoms with E-state index in [-0.39, 0.29) is 34.2 Å². The number of nitro benzene ring substituents is 2. The van der Waals surface area contributed by atoms with Gasteiger partial charge in [-0.3, -0.25) is 20.2 Å². The zero-order valence-corrected chi connectivity index (χ0v) is 15.0. The molecule has 27 heavy (non-hydrogen) atoms. The summed E-state index contributed by atoms with van der Waals surface area (Å²) in [6.07, 6.45) is 5.04. The zero-order chi connectivity index (χ0) is 19.3. The number of hydrogen-bond donors (Lipinski definition) is 1. The van der Waals surface area contributed by atoms with E-state index in [1.54, 1.807) is 18.2 Å². The molecule has 2 aliphatic rings. The van der Waals surface area contributed by atoms with Crippen LogP contribution >= 0.6 is 0 Å². The summed E-state index contributed by atoms with van der Waals surface area (Å²) >= 11 is 0. The van der Waals surface area contributed by atoms with Crippen LogP contribution in [-0.4, -0.2) is 9.85 Å². The first kappa shape index (κ1) is 17.2.